The molecular weight excluding hydrogens is 264 g/mol. The highest BCUT2D eigenvalue weighted by Crippen LogP contribution is 2.34. The van der Waals surface area contributed by atoms with Crippen molar-refractivity contribution < 1.29 is 9.53 Å². The number of nitrogens with two attached hydrogens (primary N) is 2. The van der Waals surface area contributed by atoms with Gasteiger partial charge in [-0.05, 0) is 19.3 Å². The van der Waals surface area contributed by atoms with Crippen molar-refractivity contribution in [2.75, 3.05) is 31.3 Å². The average molecular weight is 282 g/mol. The zero-order valence-electron chi connectivity index (χ0n) is 10.9. The van der Waals surface area contributed by atoms with Gasteiger partial charge in [0.2, 0.25) is 0 Å². The topological polar surface area (TPSA) is 114 Å². The van der Waals surface area contributed by atoms with Crippen molar-refractivity contribution in [1.29, 1.82) is 5.26 Å². The molecule has 7 heteroatoms. The highest BCUT2D eigenvalue weighted by molar-refractivity contribution is 7.18. The van der Waals surface area contributed by atoms with Gasteiger partial charge in [-0.15, -0.1) is 11.3 Å². The van der Waals surface area contributed by atoms with Gasteiger partial charge in [0.1, 0.15) is 21.5 Å². The average Bonchev–Trinajstić information content (AvgIpc) is 2.70. The van der Waals surface area contributed by atoms with Gasteiger partial charge in [0.15, 0.2) is 0 Å². The molecule has 0 atom stereocenters. The van der Waals surface area contributed by atoms with Crippen molar-refractivity contribution in [3.05, 3.63) is 10.4 Å². The van der Waals surface area contributed by atoms with Crippen molar-refractivity contribution in [3.63, 3.8) is 0 Å². The second-order valence-corrected chi connectivity index (χ2v) is 5.03. The van der Waals surface area contributed by atoms with Crippen LogP contribution < -0.4 is 16.8 Å². The number of methoxy groups -OCH3 is 1. The Morgan fingerprint density at radius 1 is 1.47 bits per heavy atom. The Balaban J connectivity index is 2.56. The fourth-order valence-electron chi connectivity index (χ4n) is 1.61. The lowest BCUT2D eigenvalue weighted by Gasteiger charge is -2.04. The molecule has 0 bridgehead atoms. The van der Waals surface area contributed by atoms with Crippen LogP contribution in [0.1, 0.15) is 34.5 Å². The Hall–Kier alpha value is -1.78. The number of carbonyl (C=O) groups excluding carboxylic acids is 1. The lowest BCUT2D eigenvalue weighted by atomic mass is 10.2. The van der Waals surface area contributed by atoms with E-state index in [0.717, 1.165) is 43.8 Å². The zero-order valence-corrected chi connectivity index (χ0v) is 11.7. The number of thiophene rings is 1. The summed E-state index contributed by atoms with van der Waals surface area (Å²) >= 11 is 1.13. The second-order valence-electron chi connectivity index (χ2n) is 4.01. The first-order valence-corrected chi connectivity index (χ1v) is 6.78. The number of anilines is 2. The number of nitrogen functional groups attached to an aromatic ring is 1. The van der Waals surface area contributed by atoms with Crippen LogP contribution >= 0.6 is 11.3 Å². The lowest BCUT2D eigenvalue weighted by Crippen LogP contribution is -2.10. The molecule has 104 valence electrons. The summed E-state index contributed by atoms with van der Waals surface area (Å²) in [5.41, 5.74) is 11.4. The molecule has 0 aromatic carbocycles. The minimum Gasteiger partial charge on any atom is -0.396 e. The van der Waals surface area contributed by atoms with Crippen LogP contribution in [0.4, 0.5) is 10.7 Å². The Morgan fingerprint density at radius 2 is 2.21 bits per heavy atom. The summed E-state index contributed by atoms with van der Waals surface area (Å²) in [5.74, 6) is -0.604. The molecule has 0 aliphatic heterocycles. The van der Waals surface area contributed by atoms with Gasteiger partial charge in [0.25, 0.3) is 5.91 Å². The molecule has 19 heavy (non-hydrogen) atoms. The van der Waals surface area contributed by atoms with Crippen LogP contribution in [-0.4, -0.2) is 26.2 Å². The van der Waals surface area contributed by atoms with E-state index in [-0.39, 0.29) is 10.6 Å². The maximum atomic E-state index is 11.2. The van der Waals surface area contributed by atoms with Crippen molar-refractivity contribution in [2.24, 2.45) is 5.73 Å². The largest absolute Gasteiger partial charge is 0.396 e. The number of hydrogen-bond donors (Lipinski definition) is 3. The quantitative estimate of drug-likeness (QED) is 0.625. The van der Waals surface area contributed by atoms with Gasteiger partial charge in [-0.2, -0.15) is 5.26 Å². The molecule has 0 saturated heterocycles. The third kappa shape index (κ3) is 4.12. The molecule has 0 fully saturated rings. The van der Waals surface area contributed by atoms with E-state index in [1.165, 1.54) is 0 Å². The van der Waals surface area contributed by atoms with Crippen LogP contribution in [0, 0.1) is 11.3 Å². The predicted octanol–water partition coefficient (Wildman–Crippen LogP) is 1.53. The van der Waals surface area contributed by atoms with Crippen LogP contribution in [0.25, 0.3) is 0 Å². The molecule has 0 aliphatic rings. The summed E-state index contributed by atoms with van der Waals surface area (Å²) in [6.45, 7) is 1.47. The number of primary amides is 1. The van der Waals surface area contributed by atoms with Crippen LogP contribution in [-0.2, 0) is 4.74 Å². The minimum absolute atomic E-state index is 0.168. The smallest absolute Gasteiger partial charge is 0.261 e. The van der Waals surface area contributed by atoms with Crippen LogP contribution in [0.3, 0.4) is 0 Å². The van der Waals surface area contributed by atoms with E-state index in [4.69, 9.17) is 21.5 Å². The SMILES string of the molecule is COCCCCCNc1sc(C(N)=O)c(N)c1C#N. The van der Waals surface area contributed by atoms with Gasteiger partial charge >= 0.3 is 0 Å². The number of carbonyl (C=O) groups is 1. The summed E-state index contributed by atoms with van der Waals surface area (Å²) < 4.78 is 4.96. The molecule has 1 aromatic heterocycles. The van der Waals surface area contributed by atoms with Crippen molar-refractivity contribution in [1.82, 2.24) is 0 Å². The standard InChI is InChI=1S/C12H18N4O2S/c1-18-6-4-2-3-5-16-12-8(7-13)9(14)10(19-12)11(15)17/h16H,2-6,14H2,1H3,(H2,15,17). The highest BCUT2D eigenvalue weighted by Gasteiger charge is 2.18. The summed E-state index contributed by atoms with van der Waals surface area (Å²) in [7, 11) is 1.68. The molecule has 0 unspecified atom stereocenters. The predicted molar refractivity (Wildman–Crippen MR) is 76.2 cm³/mol. The number of ether oxygens (including phenoxy) is 1. The van der Waals surface area contributed by atoms with E-state index in [1.807, 2.05) is 6.07 Å². The van der Waals surface area contributed by atoms with Gasteiger partial charge in [0.05, 0.1) is 5.69 Å². The number of unbranched alkanes of at least 4 members (excludes halogenated alkanes) is 2. The number of nitriles is 1. The molecule has 6 nitrogen and oxygen atoms in total. The lowest BCUT2D eigenvalue weighted by molar-refractivity contribution is 0.100. The third-order valence-electron chi connectivity index (χ3n) is 2.59. The fraction of sp³-hybridized carbons (Fsp3) is 0.500. The van der Waals surface area contributed by atoms with Crippen molar-refractivity contribution in [3.8, 4) is 6.07 Å². The number of rotatable bonds is 8. The third-order valence-corrected chi connectivity index (χ3v) is 3.77. The Morgan fingerprint density at radius 3 is 2.79 bits per heavy atom. The molecule has 5 N–H and O–H groups in total. The summed E-state index contributed by atoms with van der Waals surface area (Å²) in [6.07, 6.45) is 2.99. The number of nitrogens with one attached hydrogen (secondary N) is 1. The first-order chi connectivity index (χ1) is 9.11. The van der Waals surface area contributed by atoms with Crippen LogP contribution in [0.2, 0.25) is 0 Å². The zero-order chi connectivity index (χ0) is 14.3. The molecule has 1 aromatic rings. The Kier molecular flexibility index (Phi) is 6.12. The minimum atomic E-state index is -0.604. The molecule has 0 aliphatic carbocycles. The van der Waals surface area contributed by atoms with Gasteiger partial charge < -0.3 is 21.5 Å². The van der Waals surface area contributed by atoms with Gasteiger partial charge in [-0.25, -0.2) is 0 Å². The van der Waals surface area contributed by atoms with E-state index >= 15 is 0 Å². The molecule has 1 rings (SSSR count). The van der Waals surface area contributed by atoms with Crippen molar-refractivity contribution >= 4 is 27.9 Å². The normalized spacial score (nSPS) is 10.1. The molecule has 1 heterocycles. The van der Waals surface area contributed by atoms with Crippen LogP contribution in [0.15, 0.2) is 0 Å². The Labute approximate surface area is 116 Å². The highest BCUT2D eigenvalue weighted by atomic mass is 32.1. The van der Waals surface area contributed by atoms with E-state index in [0.29, 0.717) is 10.6 Å². The van der Waals surface area contributed by atoms with E-state index in [2.05, 4.69) is 5.32 Å². The number of amides is 1. The maximum absolute atomic E-state index is 11.2. The Bertz CT molecular complexity index is 479. The van der Waals surface area contributed by atoms with E-state index in [1.54, 1.807) is 7.11 Å². The molecule has 1 amide bonds. The number of hydrogen-bond acceptors (Lipinski definition) is 6. The molecular formula is C12H18N4O2S. The first kappa shape index (κ1) is 15.3. The summed E-state index contributed by atoms with van der Waals surface area (Å²) in [4.78, 5) is 11.4. The van der Waals surface area contributed by atoms with Crippen molar-refractivity contribution in [2.45, 2.75) is 19.3 Å². The first-order valence-electron chi connectivity index (χ1n) is 5.96. The van der Waals surface area contributed by atoms with Gasteiger partial charge in [0, 0.05) is 20.3 Å². The van der Waals surface area contributed by atoms with Crippen LogP contribution in [0.5, 0.6) is 0 Å². The van der Waals surface area contributed by atoms with Gasteiger partial charge in [-0.1, -0.05) is 0 Å². The summed E-state index contributed by atoms with van der Waals surface area (Å²) in [5, 5.41) is 12.8. The maximum Gasteiger partial charge on any atom is 0.261 e. The summed E-state index contributed by atoms with van der Waals surface area (Å²) in [6, 6.07) is 2.00. The number of nitrogens with zero attached hydrogens (tertiary/aromatic N) is 1. The van der Waals surface area contributed by atoms with E-state index in [9.17, 15) is 4.79 Å². The fourth-order valence-corrected chi connectivity index (χ4v) is 2.56. The molecule has 0 spiro atoms. The van der Waals surface area contributed by atoms with Gasteiger partial charge in [-0.3, -0.25) is 4.79 Å². The molecule has 0 radical (unpaired) electrons. The second kappa shape index (κ2) is 7.61. The monoisotopic (exact) mass is 282 g/mol. The molecule has 0 saturated carbocycles. The van der Waals surface area contributed by atoms with E-state index < -0.39 is 5.91 Å².